The summed E-state index contributed by atoms with van der Waals surface area (Å²) in [5.41, 5.74) is 5.58. The third-order valence-electron chi connectivity index (χ3n) is 2.03. The second-order valence-corrected chi connectivity index (χ2v) is 3.36. The van der Waals surface area contributed by atoms with Crippen LogP contribution in [0.2, 0.25) is 0 Å². The highest BCUT2D eigenvalue weighted by Gasteiger charge is 2.26. The van der Waals surface area contributed by atoms with Crippen LogP contribution in [-0.4, -0.2) is 17.0 Å². The smallest absolute Gasteiger partial charge is 0.271 e. The third-order valence-corrected chi connectivity index (χ3v) is 2.03. The molecule has 0 spiro atoms. The maximum atomic E-state index is 11.0. The zero-order chi connectivity index (χ0) is 10.8. The molecule has 0 atom stereocenters. The quantitative estimate of drug-likeness (QED) is 0.778. The number of pyridine rings is 1. The Kier molecular flexibility index (Phi) is 2.26. The average molecular weight is 203 g/mol. The van der Waals surface area contributed by atoms with Crippen molar-refractivity contribution in [2.45, 2.75) is 18.9 Å². The molecular formula is C10H9N3O2. The topological polar surface area (TPSA) is 89.0 Å². The monoisotopic (exact) mass is 203 g/mol. The highest BCUT2D eigenvalue weighted by atomic mass is 16.5. The second kappa shape index (κ2) is 3.58. The number of rotatable bonds is 3. The van der Waals surface area contributed by atoms with E-state index in [1.54, 1.807) is 0 Å². The van der Waals surface area contributed by atoms with Crippen LogP contribution in [0.3, 0.4) is 0 Å². The molecular weight excluding hydrogens is 194 g/mol. The van der Waals surface area contributed by atoms with E-state index in [9.17, 15) is 4.79 Å². The summed E-state index contributed by atoms with van der Waals surface area (Å²) in [5, 5.41) is 8.68. The highest BCUT2D eigenvalue weighted by Crippen LogP contribution is 2.28. The van der Waals surface area contributed by atoms with E-state index >= 15 is 0 Å². The van der Waals surface area contributed by atoms with Crippen molar-refractivity contribution < 1.29 is 9.53 Å². The summed E-state index contributed by atoms with van der Waals surface area (Å²) in [6.07, 6.45) is 3.38. The van der Waals surface area contributed by atoms with Crippen LogP contribution in [0.1, 0.15) is 28.9 Å². The highest BCUT2D eigenvalue weighted by molar-refractivity contribution is 5.93. The molecule has 1 aromatic rings. The second-order valence-electron chi connectivity index (χ2n) is 3.36. The molecule has 0 unspecified atom stereocenters. The molecule has 0 bridgehead atoms. The van der Waals surface area contributed by atoms with Crippen molar-refractivity contribution in [3.63, 3.8) is 0 Å². The summed E-state index contributed by atoms with van der Waals surface area (Å²) in [5.74, 6) is -0.334. The normalized spacial score (nSPS) is 14.3. The van der Waals surface area contributed by atoms with E-state index in [0.29, 0.717) is 11.3 Å². The number of hydrogen-bond acceptors (Lipinski definition) is 4. The van der Waals surface area contributed by atoms with Gasteiger partial charge in [-0.1, -0.05) is 0 Å². The van der Waals surface area contributed by atoms with Crippen molar-refractivity contribution in [1.82, 2.24) is 4.98 Å². The number of carbonyl (C=O) groups excluding carboxylic acids is 1. The lowest BCUT2D eigenvalue weighted by atomic mass is 10.2. The Hall–Kier alpha value is -2.09. The SMILES string of the molecule is N#Cc1cnc(C(N)=O)c(OC2CC2)c1. The fraction of sp³-hybridized carbons (Fsp3) is 0.300. The van der Waals surface area contributed by atoms with Crippen LogP contribution in [0.15, 0.2) is 12.3 Å². The number of amides is 1. The van der Waals surface area contributed by atoms with Gasteiger partial charge in [0.1, 0.15) is 6.07 Å². The number of aromatic nitrogens is 1. The summed E-state index contributed by atoms with van der Waals surface area (Å²) < 4.78 is 5.45. The molecule has 2 N–H and O–H groups in total. The fourth-order valence-corrected chi connectivity index (χ4v) is 1.15. The zero-order valence-electron chi connectivity index (χ0n) is 7.93. The van der Waals surface area contributed by atoms with Gasteiger partial charge in [-0.2, -0.15) is 5.26 Å². The van der Waals surface area contributed by atoms with Gasteiger partial charge in [0.05, 0.1) is 11.7 Å². The van der Waals surface area contributed by atoms with Crippen molar-refractivity contribution in [3.8, 4) is 11.8 Å². The molecule has 5 nitrogen and oxygen atoms in total. The molecule has 15 heavy (non-hydrogen) atoms. The van der Waals surface area contributed by atoms with Crippen molar-refractivity contribution in [3.05, 3.63) is 23.5 Å². The Balaban J connectivity index is 2.36. The van der Waals surface area contributed by atoms with Crippen LogP contribution < -0.4 is 10.5 Å². The molecule has 5 heteroatoms. The minimum atomic E-state index is -0.643. The molecule has 1 aliphatic rings. The van der Waals surface area contributed by atoms with Gasteiger partial charge < -0.3 is 10.5 Å². The molecule has 0 aliphatic heterocycles. The van der Waals surface area contributed by atoms with E-state index in [4.69, 9.17) is 15.7 Å². The Bertz CT molecular complexity index is 446. The van der Waals surface area contributed by atoms with Crippen LogP contribution in [0.25, 0.3) is 0 Å². The summed E-state index contributed by atoms with van der Waals surface area (Å²) >= 11 is 0. The van der Waals surface area contributed by atoms with E-state index in [0.717, 1.165) is 12.8 Å². The number of carbonyl (C=O) groups is 1. The number of nitriles is 1. The Morgan fingerprint density at radius 2 is 2.40 bits per heavy atom. The van der Waals surface area contributed by atoms with Gasteiger partial charge >= 0.3 is 0 Å². The predicted octanol–water partition coefficient (Wildman–Crippen LogP) is 0.593. The first-order valence-corrected chi connectivity index (χ1v) is 4.57. The van der Waals surface area contributed by atoms with Crippen LogP contribution in [0.4, 0.5) is 0 Å². The molecule has 2 rings (SSSR count). The van der Waals surface area contributed by atoms with Crippen molar-refractivity contribution in [2.24, 2.45) is 5.73 Å². The van der Waals surface area contributed by atoms with Gasteiger partial charge in [-0.25, -0.2) is 4.98 Å². The van der Waals surface area contributed by atoms with E-state index in [2.05, 4.69) is 4.98 Å². The lowest BCUT2D eigenvalue weighted by Crippen LogP contribution is -2.15. The van der Waals surface area contributed by atoms with Crippen molar-refractivity contribution in [2.75, 3.05) is 0 Å². The average Bonchev–Trinajstić information content (AvgIpc) is 3.01. The molecule has 0 radical (unpaired) electrons. The van der Waals surface area contributed by atoms with Gasteiger partial charge in [-0.3, -0.25) is 4.79 Å². The maximum absolute atomic E-state index is 11.0. The van der Waals surface area contributed by atoms with Gasteiger partial charge in [0, 0.05) is 12.3 Å². The molecule has 1 heterocycles. The first kappa shape index (κ1) is 9.46. The Labute approximate surface area is 86.5 Å². The number of nitrogens with zero attached hydrogens (tertiary/aromatic N) is 2. The molecule has 1 aliphatic carbocycles. The van der Waals surface area contributed by atoms with Crippen LogP contribution in [0, 0.1) is 11.3 Å². The number of hydrogen-bond donors (Lipinski definition) is 1. The van der Waals surface area contributed by atoms with Gasteiger partial charge in [0.2, 0.25) is 0 Å². The van der Waals surface area contributed by atoms with Crippen molar-refractivity contribution >= 4 is 5.91 Å². The van der Waals surface area contributed by atoms with E-state index < -0.39 is 5.91 Å². The molecule has 1 saturated carbocycles. The van der Waals surface area contributed by atoms with Crippen LogP contribution in [-0.2, 0) is 0 Å². The largest absolute Gasteiger partial charge is 0.488 e. The summed E-state index contributed by atoms with van der Waals surface area (Å²) in [6, 6.07) is 3.42. The summed E-state index contributed by atoms with van der Waals surface area (Å²) in [4.78, 5) is 14.8. The first-order valence-electron chi connectivity index (χ1n) is 4.57. The van der Waals surface area contributed by atoms with Gasteiger partial charge in [-0.05, 0) is 12.8 Å². The van der Waals surface area contributed by atoms with Gasteiger partial charge in [0.25, 0.3) is 5.91 Å². The Morgan fingerprint density at radius 3 is 2.93 bits per heavy atom. The third kappa shape index (κ3) is 2.05. The minimum absolute atomic E-state index is 0.0842. The van der Waals surface area contributed by atoms with E-state index in [1.165, 1.54) is 12.3 Å². The van der Waals surface area contributed by atoms with Crippen LogP contribution >= 0.6 is 0 Å². The fourth-order valence-electron chi connectivity index (χ4n) is 1.15. The van der Waals surface area contributed by atoms with Crippen LogP contribution in [0.5, 0.6) is 5.75 Å². The van der Waals surface area contributed by atoms with Crippen molar-refractivity contribution in [1.29, 1.82) is 5.26 Å². The molecule has 1 amide bonds. The molecule has 0 aromatic carbocycles. The lowest BCUT2D eigenvalue weighted by molar-refractivity contribution is 0.0991. The molecule has 1 aromatic heterocycles. The number of primary amides is 1. The molecule has 76 valence electrons. The van der Waals surface area contributed by atoms with E-state index in [-0.39, 0.29) is 11.8 Å². The van der Waals surface area contributed by atoms with E-state index in [1.807, 2.05) is 6.07 Å². The Morgan fingerprint density at radius 1 is 1.67 bits per heavy atom. The predicted molar refractivity (Wildman–Crippen MR) is 51.1 cm³/mol. The number of nitrogens with two attached hydrogens (primary N) is 1. The van der Waals surface area contributed by atoms with Gasteiger partial charge in [-0.15, -0.1) is 0 Å². The summed E-state index contributed by atoms with van der Waals surface area (Å²) in [7, 11) is 0. The number of ether oxygens (including phenoxy) is 1. The minimum Gasteiger partial charge on any atom is -0.488 e. The summed E-state index contributed by atoms with van der Waals surface area (Å²) in [6.45, 7) is 0. The molecule has 0 saturated heterocycles. The molecule has 1 fully saturated rings. The first-order chi connectivity index (χ1) is 7.20. The standard InChI is InChI=1S/C10H9N3O2/c11-4-6-3-8(15-7-1-2-7)9(10(12)14)13-5-6/h3,5,7H,1-2H2,(H2,12,14). The van der Waals surface area contributed by atoms with Gasteiger partial charge in [0.15, 0.2) is 11.4 Å². The lowest BCUT2D eigenvalue weighted by Gasteiger charge is -2.07. The maximum Gasteiger partial charge on any atom is 0.271 e. The zero-order valence-corrected chi connectivity index (χ0v) is 7.93.